The van der Waals surface area contributed by atoms with E-state index in [1.165, 1.54) is 0 Å². The Balaban J connectivity index is 2.84. The van der Waals surface area contributed by atoms with Gasteiger partial charge in [0.2, 0.25) is 0 Å². The van der Waals surface area contributed by atoms with Crippen molar-refractivity contribution in [1.29, 1.82) is 5.26 Å². The summed E-state index contributed by atoms with van der Waals surface area (Å²) < 4.78 is 1.06. The third-order valence-corrected chi connectivity index (χ3v) is 3.90. The number of nitrogens with two attached hydrogens (primary N) is 1. The molecule has 0 bridgehead atoms. The first kappa shape index (κ1) is 11.7. The van der Waals surface area contributed by atoms with Crippen LogP contribution in [0.25, 0.3) is 0 Å². The van der Waals surface area contributed by atoms with Gasteiger partial charge in [0, 0.05) is 4.88 Å². The van der Waals surface area contributed by atoms with E-state index in [4.69, 9.17) is 11.0 Å². The van der Waals surface area contributed by atoms with Crippen molar-refractivity contribution in [3.63, 3.8) is 0 Å². The maximum atomic E-state index is 9.00. The molecular weight excluding hydrogens is 260 g/mol. The molecule has 0 saturated heterocycles. The molecule has 0 fully saturated rings. The van der Waals surface area contributed by atoms with Gasteiger partial charge < -0.3 is 5.73 Å². The van der Waals surface area contributed by atoms with Gasteiger partial charge in [-0.25, -0.2) is 0 Å². The number of halogens is 1. The Morgan fingerprint density at radius 3 is 2.50 bits per heavy atom. The molecule has 0 aromatic carbocycles. The van der Waals surface area contributed by atoms with Crippen LogP contribution in [0.5, 0.6) is 0 Å². The van der Waals surface area contributed by atoms with Crippen LogP contribution in [0.2, 0.25) is 0 Å². The highest BCUT2D eigenvalue weighted by molar-refractivity contribution is 9.11. The summed E-state index contributed by atoms with van der Waals surface area (Å²) in [5.74, 6) is 0.177. The molecular formula is C10H13BrN2S. The lowest BCUT2D eigenvalue weighted by molar-refractivity contribution is 0.407. The Morgan fingerprint density at radius 2 is 2.14 bits per heavy atom. The molecule has 2 nitrogen and oxygen atoms in total. The number of nitrogens with zero attached hydrogens (tertiary/aromatic N) is 1. The smallest absolute Gasteiger partial charge is 0.0701 e. The van der Waals surface area contributed by atoms with E-state index in [9.17, 15) is 0 Å². The number of thiophene rings is 1. The lowest BCUT2D eigenvalue weighted by Crippen LogP contribution is -2.23. The summed E-state index contributed by atoms with van der Waals surface area (Å²) in [7, 11) is 0. The Bertz CT molecular complexity index is 340. The van der Waals surface area contributed by atoms with Gasteiger partial charge in [0.15, 0.2) is 0 Å². The number of hydrogen-bond donors (Lipinski definition) is 1. The van der Waals surface area contributed by atoms with E-state index in [0.29, 0.717) is 0 Å². The van der Waals surface area contributed by atoms with Gasteiger partial charge in [-0.2, -0.15) is 5.26 Å². The van der Waals surface area contributed by atoms with Crippen LogP contribution in [0.4, 0.5) is 0 Å². The van der Waals surface area contributed by atoms with Gasteiger partial charge in [0.1, 0.15) is 0 Å². The molecule has 0 aliphatic rings. The zero-order valence-electron chi connectivity index (χ0n) is 8.20. The molecule has 0 aliphatic carbocycles. The number of hydrogen-bond acceptors (Lipinski definition) is 3. The van der Waals surface area contributed by atoms with E-state index in [-0.39, 0.29) is 17.9 Å². The fraction of sp³-hybridized carbons (Fsp3) is 0.500. The molecule has 0 aliphatic heterocycles. The van der Waals surface area contributed by atoms with Crippen LogP contribution in [-0.4, -0.2) is 0 Å². The van der Waals surface area contributed by atoms with Gasteiger partial charge in [0.05, 0.1) is 21.8 Å². The molecule has 1 rings (SSSR count). The Morgan fingerprint density at radius 1 is 1.50 bits per heavy atom. The zero-order valence-corrected chi connectivity index (χ0v) is 10.6. The number of rotatable bonds is 3. The third-order valence-electron chi connectivity index (χ3n) is 2.18. The van der Waals surface area contributed by atoms with Crippen molar-refractivity contribution in [1.82, 2.24) is 0 Å². The molecule has 2 N–H and O–H groups in total. The predicted molar refractivity (Wildman–Crippen MR) is 62.9 cm³/mol. The summed E-state index contributed by atoms with van der Waals surface area (Å²) in [6.45, 7) is 4.05. The first-order valence-corrected chi connectivity index (χ1v) is 6.07. The molecule has 1 aromatic rings. The third kappa shape index (κ3) is 2.57. The molecule has 0 spiro atoms. The van der Waals surface area contributed by atoms with Crippen molar-refractivity contribution in [3.05, 3.63) is 20.8 Å². The second-order valence-corrected chi connectivity index (χ2v) is 6.06. The second kappa shape index (κ2) is 4.92. The van der Waals surface area contributed by atoms with E-state index in [1.54, 1.807) is 11.3 Å². The van der Waals surface area contributed by atoms with Crippen LogP contribution in [0.15, 0.2) is 15.9 Å². The average molecular weight is 273 g/mol. The van der Waals surface area contributed by atoms with Gasteiger partial charge in [0.25, 0.3) is 0 Å². The second-order valence-electron chi connectivity index (χ2n) is 3.57. The molecule has 0 saturated carbocycles. The molecule has 4 heteroatoms. The molecule has 76 valence electrons. The van der Waals surface area contributed by atoms with Gasteiger partial charge in [-0.05, 0) is 34.0 Å². The van der Waals surface area contributed by atoms with Crippen LogP contribution < -0.4 is 5.73 Å². The van der Waals surface area contributed by atoms with Crippen LogP contribution >= 0.6 is 27.3 Å². The van der Waals surface area contributed by atoms with Crippen molar-refractivity contribution < 1.29 is 0 Å². The van der Waals surface area contributed by atoms with Crippen LogP contribution in [-0.2, 0) is 0 Å². The average Bonchev–Trinajstić information content (AvgIpc) is 2.52. The van der Waals surface area contributed by atoms with Crippen molar-refractivity contribution in [3.8, 4) is 6.07 Å². The van der Waals surface area contributed by atoms with E-state index in [1.807, 2.05) is 26.0 Å². The Kier molecular flexibility index (Phi) is 4.11. The van der Waals surface area contributed by atoms with Gasteiger partial charge in [-0.3, -0.25) is 0 Å². The summed E-state index contributed by atoms with van der Waals surface area (Å²) in [5.41, 5.74) is 6.03. The van der Waals surface area contributed by atoms with Gasteiger partial charge in [-0.1, -0.05) is 13.8 Å². The molecule has 0 amide bonds. The highest BCUT2D eigenvalue weighted by Crippen LogP contribution is 2.32. The SMILES string of the molecule is CC(C)C(C#N)C(N)c1ccc(Br)s1. The van der Waals surface area contributed by atoms with E-state index in [0.717, 1.165) is 8.66 Å². The van der Waals surface area contributed by atoms with Crippen molar-refractivity contribution in [2.45, 2.75) is 19.9 Å². The van der Waals surface area contributed by atoms with Crippen LogP contribution in [0, 0.1) is 23.2 Å². The molecule has 1 aromatic heterocycles. The Hall–Kier alpha value is -0.370. The van der Waals surface area contributed by atoms with Gasteiger partial charge in [-0.15, -0.1) is 11.3 Å². The summed E-state index contributed by atoms with van der Waals surface area (Å²) in [6, 6.07) is 6.05. The lowest BCUT2D eigenvalue weighted by Gasteiger charge is -2.19. The highest BCUT2D eigenvalue weighted by Gasteiger charge is 2.23. The van der Waals surface area contributed by atoms with Crippen LogP contribution in [0.3, 0.4) is 0 Å². The minimum Gasteiger partial charge on any atom is -0.322 e. The topological polar surface area (TPSA) is 49.8 Å². The molecule has 1 heterocycles. The molecule has 0 radical (unpaired) electrons. The summed E-state index contributed by atoms with van der Waals surface area (Å²) in [4.78, 5) is 1.07. The normalized spacial score (nSPS) is 15.1. The molecule has 2 atom stereocenters. The number of nitriles is 1. The van der Waals surface area contributed by atoms with E-state index in [2.05, 4.69) is 22.0 Å². The highest BCUT2D eigenvalue weighted by atomic mass is 79.9. The largest absolute Gasteiger partial charge is 0.322 e. The summed E-state index contributed by atoms with van der Waals surface area (Å²) in [6.07, 6.45) is 0. The molecule has 14 heavy (non-hydrogen) atoms. The fourth-order valence-corrected chi connectivity index (χ4v) is 2.80. The first-order valence-electron chi connectivity index (χ1n) is 4.46. The standard InChI is InChI=1S/C10H13BrN2S/c1-6(2)7(5-12)10(13)8-3-4-9(11)14-8/h3-4,6-7,10H,13H2,1-2H3. The maximum Gasteiger partial charge on any atom is 0.0701 e. The lowest BCUT2D eigenvalue weighted by atomic mass is 9.89. The predicted octanol–water partition coefficient (Wildman–Crippen LogP) is 3.31. The van der Waals surface area contributed by atoms with Crippen LogP contribution in [0.1, 0.15) is 24.8 Å². The van der Waals surface area contributed by atoms with E-state index < -0.39 is 0 Å². The van der Waals surface area contributed by atoms with E-state index >= 15 is 0 Å². The monoisotopic (exact) mass is 272 g/mol. The summed E-state index contributed by atoms with van der Waals surface area (Å²) >= 11 is 4.99. The minimum atomic E-state index is -0.170. The molecule has 2 unspecified atom stereocenters. The minimum absolute atomic E-state index is 0.111. The van der Waals surface area contributed by atoms with Crippen molar-refractivity contribution in [2.75, 3.05) is 0 Å². The first-order chi connectivity index (χ1) is 6.56. The quantitative estimate of drug-likeness (QED) is 0.918. The van der Waals surface area contributed by atoms with Crippen molar-refractivity contribution in [2.24, 2.45) is 17.6 Å². The zero-order chi connectivity index (χ0) is 10.7. The maximum absolute atomic E-state index is 9.00. The van der Waals surface area contributed by atoms with Gasteiger partial charge >= 0.3 is 0 Å². The van der Waals surface area contributed by atoms with Crippen molar-refractivity contribution >= 4 is 27.3 Å². The summed E-state index contributed by atoms with van der Waals surface area (Å²) in [5, 5.41) is 9.00. The fourth-order valence-electron chi connectivity index (χ4n) is 1.33. The Labute approximate surface area is 96.9 Å².